The van der Waals surface area contributed by atoms with E-state index in [-0.39, 0.29) is 17.8 Å². The first-order valence-electron chi connectivity index (χ1n) is 11.8. The average Bonchev–Trinajstić information content (AvgIpc) is 3.17. The molecule has 182 valence electrons. The van der Waals surface area contributed by atoms with E-state index in [9.17, 15) is 24.3 Å². The number of imidazole rings is 1. The molecule has 0 aliphatic heterocycles. The van der Waals surface area contributed by atoms with Crippen molar-refractivity contribution < 1.29 is 19.5 Å². The van der Waals surface area contributed by atoms with Gasteiger partial charge in [-0.2, -0.15) is 0 Å². The van der Waals surface area contributed by atoms with Gasteiger partial charge in [-0.25, -0.2) is 14.2 Å². The molecule has 0 aliphatic rings. The fourth-order valence-electron chi connectivity index (χ4n) is 4.30. The number of aromatic carboxylic acids is 1. The zero-order chi connectivity index (χ0) is 25.7. The SMILES string of the molecule is CCCCc1c(C=O)n(C(=O)c2ccccc2)c(=O)n1Cc1ccc(-c2ccccc2C(=O)O)cc1. The lowest BCUT2D eigenvalue weighted by atomic mass is 9.99. The molecule has 0 unspecified atom stereocenters. The van der Waals surface area contributed by atoms with Crippen LogP contribution in [0.4, 0.5) is 0 Å². The summed E-state index contributed by atoms with van der Waals surface area (Å²) >= 11 is 0. The number of carbonyl (C=O) groups excluding carboxylic acids is 2. The Balaban J connectivity index is 1.74. The quantitative estimate of drug-likeness (QED) is 0.342. The van der Waals surface area contributed by atoms with Crippen LogP contribution >= 0.6 is 0 Å². The van der Waals surface area contributed by atoms with Crippen molar-refractivity contribution in [1.82, 2.24) is 9.13 Å². The number of carboxylic acids is 1. The van der Waals surface area contributed by atoms with E-state index >= 15 is 0 Å². The van der Waals surface area contributed by atoms with Crippen LogP contribution in [-0.4, -0.2) is 32.4 Å². The second-order valence-corrected chi connectivity index (χ2v) is 8.48. The van der Waals surface area contributed by atoms with Crippen LogP contribution in [0.1, 0.15) is 62.2 Å². The molecule has 36 heavy (non-hydrogen) atoms. The third-order valence-electron chi connectivity index (χ3n) is 6.15. The zero-order valence-corrected chi connectivity index (χ0v) is 19.9. The number of unbranched alkanes of at least 4 members (excludes halogenated alkanes) is 1. The highest BCUT2D eigenvalue weighted by Crippen LogP contribution is 2.24. The Morgan fingerprint density at radius 3 is 2.22 bits per heavy atom. The first-order valence-corrected chi connectivity index (χ1v) is 11.8. The second-order valence-electron chi connectivity index (χ2n) is 8.48. The average molecular weight is 483 g/mol. The Morgan fingerprint density at radius 1 is 0.917 bits per heavy atom. The van der Waals surface area contributed by atoms with E-state index < -0.39 is 17.6 Å². The molecule has 1 heterocycles. The lowest BCUT2D eigenvalue weighted by molar-refractivity contribution is 0.0697. The van der Waals surface area contributed by atoms with Gasteiger partial charge in [0, 0.05) is 5.56 Å². The lowest BCUT2D eigenvalue weighted by Crippen LogP contribution is -2.31. The van der Waals surface area contributed by atoms with Crippen LogP contribution in [0.3, 0.4) is 0 Å². The van der Waals surface area contributed by atoms with Crippen molar-refractivity contribution in [1.29, 1.82) is 0 Å². The number of hydrogen-bond acceptors (Lipinski definition) is 4. The Labute approximate surface area is 208 Å². The van der Waals surface area contributed by atoms with Gasteiger partial charge in [0.1, 0.15) is 5.69 Å². The molecule has 0 saturated carbocycles. The van der Waals surface area contributed by atoms with Crippen molar-refractivity contribution in [3.63, 3.8) is 0 Å². The van der Waals surface area contributed by atoms with E-state index in [1.807, 2.05) is 19.1 Å². The molecule has 4 aromatic rings. The predicted molar refractivity (Wildman–Crippen MR) is 137 cm³/mol. The molecule has 7 nitrogen and oxygen atoms in total. The van der Waals surface area contributed by atoms with Crippen LogP contribution in [0.25, 0.3) is 11.1 Å². The number of hydrogen-bond donors (Lipinski definition) is 1. The summed E-state index contributed by atoms with van der Waals surface area (Å²) in [6.07, 6.45) is 2.69. The highest BCUT2D eigenvalue weighted by molar-refractivity contribution is 5.99. The minimum Gasteiger partial charge on any atom is -0.478 e. The summed E-state index contributed by atoms with van der Waals surface area (Å²) in [6, 6.07) is 22.4. The molecule has 0 amide bonds. The monoisotopic (exact) mass is 482 g/mol. The maximum atomic E-state index is 13.4. The number of carboxylic acid groups (broad SMARTS) is 1. The van der Waals surface area contributed by atoms with E-state index in [0.29, 0.717) is 29.5 Å². The highest BCUT2D eigenvalue weighted by atomic mass is 16.4. The molecule has 0 fully saturated rings. The molecule has 1 aromatic heterocycles. The summed E-state index contributed by atoms with van der Waals surface area (Å²) in [4.78, 5) is 50.3. The molecular formula is C29H26N2O5. The number of aromatic nitrogens is 2. The number of nitrogens with zero attached hydrogens (tertiary/aromatic N) is 2. The summed E-state index contributed by atoms with van der Waals surface area (Å²) in [6.45, 7) is 2.19. The lowest BCUT2D eigenvalue weighted by Gasteiger charge is -2.10. The molecule has 0 spiro atoms. The van der Waals surface area contributed by atoms with Crippen molar-refractivity contribution in [2.75, 3.05) is 0 Å². The van der Waals surface area contributed by atoms with Crippen LogP contribution in [-0.2, 0) is 13.0 Å². The molecule has 4 rings (SSSR count). The fourth-order valence-corrected chi connectivity index (χ4v) is 4.30. The second kappa shape index (κ2) is 10.8. The number of carbonyl (C=O) groups is 3. The number of aldehydes is 1. The van der Waals surface area contributed by atoms with E-state index in [1.165, 1.54) is 4.57 Å². The van der Waals surface area contributed by atoms with E-state index in [1.54, 1.807) is 66.7 Å². The summed E-state index contributed by atoms with van der Waals surface area (Å²) in [5.74, 6) is -1.55. The van der Waals surface area contributed by atoms with Crippen LogP contribution in [0.5, 0.6) is 0 Å². The summed E-state index contributed by atoms with van der Waals surface area (Å²) in [5, 5.41) is 9.49. The Morgan fingerprint density at radius 2 is 1.58 bits per heavy atom. The molecule has 0 saturated heterocycles. The summed E-state index contributed by atoms with van der Waals surface area (Å²) < 4.78 is 2.45. The van der Waals surface area contributed by atoms with Gasteiger partial charge in [0.25, 0.3) is 5.91 Å². The molecule has 7 heteroatoms. The predicted octanol–water partition coefficient (Wildman–Crippen LogP) is 4.91. The normalized spacial score (nSPS) is 10.8. The third kappa shape index (κ3) is 4.81. The minimum absolute atomic E-state index is 0.0781. The van der Waals surface area contributed by atoms with E-state index in [2.05, 4.69) is 0 Å². The summed E-state index contributed by atoms with van der Waals surface area (Å²) in [7, 11) is 0. The van der Waals surface area contributed by atoms with Gasteiger partial charge in [0.2, 0.25) is 0 Å². The van der Waals surface area contributed by atoms with E-state index in [4.69, 9.17) is 0 Å². The first kappa shape index (κ1) is 24.6. The minimum atomic E-state index is -1.01. The molecule has 0 bridgehead atoms. The standard InChI is InChI=1S/C29H26N2O5/c1-2-3-13-25-26(19-32)31(27(33)22-9-5-4-6-10-22)29(36)30(25)18-20-14-16-21(17-15-20)23-11-7-8-12-24(23)28(34)35/h4-12,14-17,19H,2-3,13,18H2,1H3,(H,34,35). The number of benzene rings is 3. The van der Waals surface area contributed by atoms with Crippen molar-refractivity contribution in [2.24, 2.45) is 0 Å². The highest BCUT2D eigenvalue weighted by Gasteiger charge is 2.24. The van der Waals surface area contributed by atoms with Crippen LogP contribution in [0.2, 0.25) is 0 Å². The van der Waals surface area contributed by atoms with Gasteiger partial charge in [-0.3, -0.25) is 14.2 Å². The van der Waals surface area contributed by atoms with E-state index in [0.717, 1.165) is 28.5 Å². The van der Waals surface area contributed by atoms with Crippen molar-refractivity contribution >= 4 is 18.2 Å². The maximum absolute atomic E-state index is 13.4. The van der Waals surface area contributed by atoms with Crippen LogP contribution in [0, 0.1) is 0 Å². The largest absolute Gasteiger partial charge is 0.478 e. The molecule has 0 aliphatic carbocycles. The van der Waals surface area contributed by atoms with Gasteiger partial charge in [0.15, 0.2) is 6.29 Å². The van der Waals surface area contributed by atoms with Gasteiger partial charge in [-0.1, -0.05) is 74.0 Å². The Hall–Kier alpha value is -4.52. The first-order chi connectivity index (χ1) is 17.5. The summed E-state index contributed by atoms with van der Waals surface area (Å²) in [5.41, 5.74) is 2.70. The Bertz CT molecular complexity index is 1460. The molecule has 3 aromatic carbocycles. The molecule has 0 atom stereocenters. The third-order valence-corrected chi connectivity index (χ3v) is 6.15. The molecule has 0 radical (unpaired) electrons. The van der Waals surface area contributed by atoms with Gasteiger partial charge < -0.3 is 5.11 Å². The van der Waals surface area contributed by atoms with Crippen LogP contribution < -0.4 is 5.69 Å². The fraction of sp³-hybridized carbons (Fsp3) is 0.172. The van der Waals surface area contributed by atoms with Crippen molar-refractivity contribution in [3.05, 3.63) is 117 Å². The smallest absolute Gasteiger partial charge is 0.336 e. The molecular weight excluding hydrogens is 456 g/mol. The van der Waals surface area contributed by atoms with Crippen molar-refractivity contribution in [3.8, 4) is 11.1 Å². The Kier molecular flexibility index (Phi) is 7.39. The van der Waals surface area contributed by atoms with Gasteiger partial charge >= 0.3 is 11.7 Å². The van der Waals surface area contributed by atoms with Gasteiger partial charge in [0.05, 0.1) is 17.8 Å². The van der Waals surface area contributed by atoms with Crippen molar-refractivity contribution in [2.45, 2.75) is 32.7 Å². The topological polar surface area (TPSA) is 98.4 Å². The van der Waals surface area contributed by atoms with Gasteiger partial charge in [-0.05, 0) is 47.7 Å². The number of rotatable bonds is 9. The van der Waals surface area contributed by atoms with Gasteiger partial charge in [-0.15, -0.1) is 0 Å². The van der Waals surface area contributed by atoms with Crippen LogP contribution in [0.15, 0.2) is 83.7 Å². The maximum Gasteiger partial charge on any atom is 0.336 e. The zero-order valence-electron chi connectivity index (χ0n) is 19.9. The molecule has 1 N–H and O–H groups in total.